The van der Waals surface area contributed by atoms with Crippen LogP contribution in [-0.4, -0.2) is 111 Å². The van der Waals surface area contributed by atoms with Crippen LogP contribution in [0.5, 0.6) is 17.2 Å². The number of hydrogen-bond acceptors (Lipinski definition) is 9. The summed E-state index contributed by atoms with van der Waals surface area (Å²) in [4.78, 5) is 30.3. The average molecular weight is 597 g/mol. The van der Waals surface area contributed by atoms with E-state index in [1.807, 2.05) is 9.80 Å². The fourth-order valence-corrected chi connectivity index (χ4v) is 7.75. The maximum absolute atomic E-state index is 13.6. The molecule has 1 aromatic rings. The summed E-state index contributed by atoms with van der Waals surface area (Å²) in [5.41, 5.74) is 6.39. The summed E-state index contributed by atoms with van der Waals surface area (Å²) in [6, 6.07) is 3.03. The molecule has 3 aliphatic heterocycles. The van der Waals surface area contributed by atoms with Gasteiger partial charge in [-0.05, 0) is 56.3 Å². The van der Waals surface area contributed by atoms with E-state index < -0.39 is 33.9 Å². The van der Waals surface area contributed by atoms with Gasteiger partial charge < -0.3 is 30.0 Å². The molecule has 0 aliphatic carbocycles. The second-order valence-corrected chi connectivity index (χ2v) is 13.1. The van der Waals surface area contributed by atoms with E-state index in [4.69, 9.17) is 19.9 Å². The molecule has 0 radical (unpaired) electrons. The Morgan fingerprint density at radius 1 is 1.20 bits per heavy atom. The first-order valence-electron chi connectivity index (χ1n) is 14.6. The minimum absolute atomic E-state index is 0.0491. The van der Waals surface area contributed by atoms with Crippen LogP contribution in [0.3, 0.4) is 0 Å². The highest BCUT2D eigenvalue weighted by Crippen LogP contribution is 2.47. The minimum atomic E-state index is -3.34. The van der Waals surface area contributed by atoms with Crippen molar-refractivity contribution in [2.24, 2.45) is 11.7 Å². The quantitative estimate of drug-likeness (QED) is 0.286. The van der Waals surface area contributed by atoms with Crippen molar-refractivity contribution < 1.29 is 37.3 Å². The van der Waals surface area contributed by atoms with Crippen molar-refractivity contribution in [2.75, 3.05) is 65.5 Å². The first-order valence-corrected chi connectivity index (χ1v) is 16.2. The van der Waals surface area contributed by atoms with Gasteiger partial charge in [-0.1, -0.05) is 13.3 Å². The zero-order valence-corrected chi connectivity index (χ0v) is 24.9. The number of nitrogens with two attached hydrogens (primary N) is 1. The van der Waals surface area contributed by atoms with Crippen LogP contribution in [0.1, 0.15) is 56.9 Å². The minimum Gasteiger partial charge on any atom is -0.493 e. The predicted octanol–water partition coefficient (Wildman–Crippen LogP) is 1.69. The summed E-state index contributed by atoms with van der Waals surface area (Å²) < 4.78 is 43.1. The lowest BCUT2D eigenvalue weighted by Crippen LogP contribution is -2.45. The second-order valence-electron chi connectivity index (χ2n) is 11.0. The Labute approximate surface area is 242 Å². The molecule has 0 aromatic heterocycles. The summed E-state index contributed by atoms with van der Waals surface area (Å²) in [6.45, 7) is 4.96. The van der Waals surface area contributed by atoms with E-state index in [9.17, 15) is 23.1 Å². The fraction of sp³-hybridized carbons (Fsp3) is 0.714. The lowest BCUT2D eigenvalue weighted by molar-refractivity contribution is -0.143. The van der Waals surface area contributed by atoms with Gasteiger partial charge >= 0.3 is 5.97 Å². The van der Waals surface area contributed by atoms with Gasteiger partial charge in [-0.25, -0.2) is 12.7 Å². The van der Waals surface area contributed by atoms with Gasteiger partial charge in [0, 0.05) is 44.7 Å². The monoisotopic (exact) mass is 596 g/mol. The van der Waals surface area contributed by atoms with Crippen molar-refractivity contribution in [2.45, 2.75) is 57.4 Å². The van der Waals surface area contributed by atoms with Gasteiger partial charge in [-0.15, -0.1) is 0 Å². The first-order chi connectivity index (χ1) is 19.7. The fourth-order valence-electron chi connectivity index (χ4n) is 6.20. The van der Waals surface area contributed by atoms with Crippen molar-refractivity contribution in [1.29, 1.82) is 0 Å². The number of hydrogen-bond donors (Lipinski definition) is 2. The number of ether oxygens (including phenoxy) is 3. The number of carbonyl (C=O) groups excluding carboxylic acids is 1. The summed E-state index contributed by atoms with van der Waals surface area (Å²) in [5.74, 6) is -0.832. The van der Waals surface area contributed by atoms with Gasteiger partial charge in [0.25, 0.3) is 0 Å². The average Bonchev–Trinajstić information content (AvgIpc) is 3.65. The molecule has 1 amide bonds. The Bertz CT molecular complexity index is 1180. The Balaban J connectivity index is 1.62. The van der Waals surface area contributed by atoms with E-state index >= 15 is 0 Å². The highest BCUT2D eigenvalue weighted by atomic mass is 32.2. The number of sulfonamides is 1. The smallest absolute Gasteiger partial charge is 0.308 e. The second kappa shape index (κ2) is 14.0. The molecule has 41 heavy (non-hydrogen) atoms. The number of likely N-dealkylation sites (tertiary alicyclic amines) is 1. The van der Waals surface area contributed by atoms with Crippen LogP contribution >= 0.6 is 0 Å². The lowest BCUT2D eigenvalue weighted by Gasteiger charge is -2.30. The Morgan fingerprint density at radius 2 is 1.98 bits per heavy atom. The maximum Gasteiger partial charge on any atom is 0.308 e. The molecule has 0 saturated carbocycles. The zero-order valence-electron chi connectivity index (χ0n) is 24.1. The molecule has 230 valence electrons. The number of methoxy groups -OCH3 is 1. The third-order valence-corrected chi connectivity index (χ3v) is 10.3. The zero-order chi connectivity index (χ0) is 29.6. The number of aliphatic carboxylic acids is 1. The van der Waals surface area contributed by atoms with Crippen molar-refractivity contribution >= 4 is 21.9 Å². The number of fused-ring (bicyclic) bond motifs is 1. The normalized spacial score (nSPS) is 23.6. The highest BCUT2D eigenvalue weighted by Gasteiger charge is 2.48. The molecule has 13 heteroatoms. The van der Waals surface area contributed by atoms with Crippen molar-refractivity contribution in [3.8, 4) is 17.2 Å². The van der Waals surface area contributed by atoms with E-state index in [-0.39, 0.29) is 31.5 Å². The molecule has 3 aliphatic rings. The number of rotatable bonds is 15. The van der Waals surface area contributed by atoms with Crippen LogP contribution < -0.4 is 19.9 Å². The van der Waals surface area contributed by atoms with Gasteiger partial charge in [-0.2, -0.15) is 0 Å². The van der Waals surface area contributed by atoms with E-state index in [1.54, 1.807) is 12.1 Å². The Hall–Kier alpha value is -2.61. The maximum atomic E-state index is 13.6. The van der Waals surface area contributed by atoms with Gasteiger partial charge in [0.15, 0.2) is 11.5 Å². The van der Waals surface area contributed by atoms with Crippen molar-refractivity contribution in [3.05, 3.63) is 17.7 Å². The van der Waals surface area contributed by atoms with Crippen molar-refractivity contribution in [1.82, 2.24) is 14.1 Å². The third kappa shape index (κ3) is 7.25. The first kappa shape index (κ1) is 31.3. The largest absolute Gasteiger partial charge is 0.493 e. The molecule has 3 N–H and O–H groups in total. The summed E-state index contributed by atoms with van der Waals surface area (Å²) >= 11 is 0. The number of nitrogens with zero attached hydrogens (tertiary/aromatic N) is 3. The summed E-state index contributed by atoms with van der Waals surface area (Å²) in [5, 5.41) is 10.5. The standard InChI is InChI=1S/C28H44N4O8S/c1-3-4-10-30(11-6-5-9-29)25(33)18-31-17-21(20-15-23(38-2)27-24(16-20)39-19-40-27)26(28(34)35)22(31)8-13-32-12-7-14-41(32,36)37/h15-16,21-22,26H,3-14,17-19,29H2,1-2H3,(H,34,35)/t21-,22+,26-/m1/s1. The van der Waals surface area contributed by atoms with Crippen LogP contribution in [0, 0.1) is 5.92 Å². The Morgan fingerprint density at radius 3 is 2.63 bits per heavy atom. The molecule has 0 unspecified atom stereocenters. The van der Waals surface area contributed by atoms with Crippen LogP contribution in [0.25, 0.3) is 0 Å². The highest BCUT2D eigenvalue weighted by molar-refractivity contribution is 7.89. The molecule has 3 heterocycles. The molecule has 4 rings (SSSR count). The number of carboxylic acid groups (broad SMARTS) is 1. The molecule has 0 bridgehead atoms. The number of unbranched alkanes of at least 4 members (excludes halogenated alkanes) is 2. The lowest BCUT2D eigenvalue weighted by atomic mass is 9.84. The number of carbonyl (C=O) groups is 2. The molecule has 2 saturated heterocycles. The number of carboxylic acids is 1. The van der Waals surface area contributed by atoms with Crippen LogP contribution in [-0.2, 0) is 19.6 Å². The topological polar surface area (TPSA) is 152 Å². The van der Waals surface area contributed by atoms with Gasteiger partial charge in [-0.3, -0.25) is 14.5 Å². The molecule has 3 atom stereocenters. The van der Waals surface area contributed by atoms with Crippen LogP contribution in [0.15, 0.2) is 12.1 Å². The van der Waals surface area contributed by atoms with Gasteiger partial charge in [0.2, 0.25) is 28.5 Å². The number of amides is 1. The van der Waals surface area contributed by atoms with Gasteiger partial charge in [0.05, 0.1) is 25.3 Å². The molecule has 12 nitrogen and oxygen atoms in total. The molecular formula is C28H44N4O8S. The molecule has 2 fully saturated rings. The Kier molecular flexibility index (Phi) is 10.7. The van der Waals surface area contributed by atoms with E-state index in [2.05, 4.69) is 6.92 Å². The van der Waals surface area contributed by atoms with E-state index in [0.29, 0.717) is 62.8 Å². The van der Waals surface area contributed by atoms with Crippen molar-refractivity contribution in [3.63, 3.8) is 0 Å². The summed E-state index contributed by atoms with van der Waals surface area (Å²) in [6.07, 6.45) is 4.33. The predicted molar refractivity (Wildman–Crippen MR) is 153 cm³/mol. The van der Waals surface area contributed by atoms with Gasteiger partial charge in [0.1, 0.15) is 0 Å². The molecular weight excluding hydrogens is 552 g/mol. The van der Waals surface area contributed by atoms with E-state index in [1.165, 1.54) is 11.4 Å². The molecule has 1 aromatic carbocycles. The van der Waals surface area contributed by atoms with Crippen LogP contribution in [0.2, 0.25) is 0 Å². The van der Waals surface area contributed by atoms with Crippen LogP contribution in [0.4, 0.5) is 0 Å². The van der Waals surface area contributed by atoms with E-state index in [0.717, 1.165) is 31.2 Å². The number of benzene rings is 1. The third-order valence-electron chi connectivity index (χ3n) is 8.37. The molecule has 0 spiro atoms. The summed E-state index contributed by atoms with van der Waals surface area (Å²) in [7, 11) is -1.82. The SMILES string of the molecule is CCCCN(CCCCN)C(=O)CN1C[C@H](c2cc(OC)c3c(c2)OCO3)[C@@H](C(=O)O)[C@@H]1CCN1CCCS1(=O)=O.